The molecule has 0 radical (unpaired) electrons. The van der Waals surface area contributed by atoms with Crippen LogP contribution in [0.15, 0.2) is 16.5 Å². The Labute approximate surface area is 93.1 Å². The predicted octanol–water partition coefficient (Wildman–Crippen LogP) is 1.55. The van der Waals surface area contributed by atoms with Gasteiger partial charge in [-0.2, -0.15) is 0 Å². The fourth-order valence-corrected chi connectivity index (χ4v) is 2.03. The Balaban J connectivity index is 1.83. The van der Waals surface area contributed by atoms with Gasteiger partial charge in [-0.25, -0.2) is 4.79 Å². The molecule has 2 rings (SSSR count). The van der Waals surface area contributed by atoms with Crippen LogP contribution in [-0.2, 0) is 0 Å². The predicted molar refractivity (Wildman–Crippen MR) is 57.5 cm³/mol. The normalized spacial score (nSPS) is 24.6. The summed E-state index contributed by atoms with van der Waals surface area (Å²) in [5, 5.41) is 21.0. The largest absolute Gasteiger partial charge is 0.475 e. The molecule has 1 aromatic heterocycles. The molecule has 0 saturated heterocycles. The van der Waals surface area contributed by atoms with Crippen LogP contribution in [0, 0.1) is 5.92 Å². The topological polar surface area (TPSA) is 82.7 Å². The Hall–Kier alpha value is -1.49. The summed E-state index contributed by atoms with van der Waals surface area (Å²) in [6, 6.07) is 3.03. The van der Waals surface area contributed by atoms with Crippen molar-refractivity contribution in [3.63, 3.8) is 0 Å². The van der Waals surface area contributed by atoms with Crippen molar-refractivity contribution in [3.05, 3.63) is 17.9 Å². The average molecular weight is 225 g/mol. The molecule has 1 aromatic rings. The number of hydrogen-bond acceptors (Lipinski definition) is 4. The van der Waals surface area contributed by atoms with Crippen LogP contribution in [-0.4, -0.2) is 28.8 Å². The van der Waals surface area contributed by atoms with E-state index in [4.69, 9.17) is 9.52 Å². The van der Waals surface area contributed by atoms with Gasteiger partial charge in [0.05, 0.1) is 6.10 Å². The van der Waals surface area contributed by atoms with Crippen LogP contribution in [0.25, 0.3) is 0 Å². The molecule has 2 unspecified atom stereocenters. The van der Waals surface area contributed by atoms with Gasteiger partial charge in [-0.15, -0.1) is 0 Å². The molecule has 1 fully saturated rings. The quantitative estimate of drug-likeness (QED) is 0.724. The summed E-state index contributed by atoms with van der Waals surface area (Å²) in [6.45, 7) is 0.712. The lowest BCUT2D eigenvalue weighted by molar-refractivity contribution is 0.0663. The molecule has 16 heavy (non-hydrogen) atoms. The number of rotatable bonds is 4. The highest BCUT2D eigenvalue weighted by Gasteiger charge is 2.22. The molecule has 0 bridgehead atoms. The van der Waals surface area contributed by atoms with Gasteiger partial charge in [-0.1, -0.05) is 0 Å². The summed E-state index contributed by atoms with van der Waals surface area (Å²) in [4.78, 5) is 10.6. The number of aliphatic hydroxyl groups excluding tert-OH is 1. The Morgan fingerprint density at radius 1 is 1.50 bits per heavy atom. The standard InChI is InChI=1S/C11H15NO4/c13-8-2-1-7(5-8)6-12-10-4-3-9(16-10)11(14)15/h3-4,7-8,12-13H,1-2,5-6H2,(H,14,15). The highest BCUT2D eigenvalue weighted by molar-refractivity contribution is 5.84. The van der Waals surface area contributed by atoms with Crippen LogP contribution < -0.4 is 5.32 Å². The molecule has 88 valence electrons. The number of aromatic carboxylic acids is 1. The van der Waals surface area contributed by atoms with Gasteiger partial charge in [0.15, 0.2) is 5.88 Å². The van der Waals surface area contributed by atoms with Crippen LogP contribution in [0.5, 0.6) is 0 Å². The maximum absolute atomic E-state index is 10.6. The van der Waals surface area contributed by atoms with Gasteiger partial charge >= 0.3 is 5.97 Å². The second-order valence-electron chi connectivity index (χ2n) is 4.18. The maximum Gasteiger partial charge on any atom is 0.371 e. The summed E-state index contributed by atoms with van der Waals surface area (Å²) >= 11 is 0. The van der Waals surface area contributed by atoms with E-state index in [0.717, 1.165) is 19.3 Å². The zero-order valence-electron chi connectivity index (χ0n) is 8.85. The molecule has 5 heteroatoms. The van der Waals surface area contributed by atoms with Gasteiger partial charge in [0, 0.05) is 12.6 Å². The fraction of sp³-hybridized carbons (Fsp3) is 0.545. The zero-order chi connectivity index (χ0) is 11.5. The Morgan fingerprint density at radius 2 is 2.31 bits per heavy atom. The van der Waals surface area contributed by atoms with Gasteiger partial charge in [-0.3, -0.25) is 0 Å². The van der Waals surface area contributed by atoms with Gasteiger partial charge in [0.2, 0.25) is 5.76 Å². The third kappa shape index (κ3) is 2.55. The first kappa shape index (κ1) is 11.0. The van der Waals surface area contributed by atoms with E-state index < -0.39 is 5.97 Å². The monoisotopic (exact) mass is 225 g/mol. The third-order valence-electron chi connectivity index (χ3n) is 2.90. The molecule has 1 heterocycles. The molecular weight excluding hydrogens is 210 g/mol. The lowest BCUT2D eigenvalue weighted by Crippen LogP contribution is -2.12. The van der Waals surface area contributed by atoms with Crippen molar-refractivity contribution in [3.8, 4) is 0 Å². The highest BCUT2D eigenvalue weighted by Crippen LogP contribution is 2.25. The van der Waals surface area contributed by atoms with Crippen LogP contribution in [0.2, 0.25) is 0 Å². The van der Waals surface area contributed by atoms with Crippen molar-refractivity contribution in [1.82, 2.24) is 0 Å². The summed E-state index contributed by atoms with van der Waals surface area (Å²) in [6.07, 6.45) is 2.48. The van der Waals surface area contributed by atoms with Crippen molar-refractivity contribution >= 4 is 11.9 Å². The van der Waals surface area contributed by atoms with Gasteiger partial charge in [0.25, 0.3) is 0 Å². The van der Waals surface area contributed by atoms with Crippen molar-refractivity contribution in [2.24, 2.45) is 5.92 Å². The first-order valence-electron chi connectivity index (χ1n) is 5.40. The highest BCUT2D eigenvalue weighted by atomic mass is 16.4. The van der Waals surface area contributed by atoms with E-state index in [-0.39, 0.29) is 11.9 Å². The van der Waals surface area contributed by atoms with Crippen LogP contribution in [0.4, 0.5) is 5.88 Å². The van der Waals surface area contributed by atoms with E-state index in [2.05, 4.69) is 5.32 Å². The minimum absolute atomic E-state index is 0.0612. The first-order chi connectivity index (χ1) is 7.65. The number of carbonyl (C=O) groups is 1. The third-order valence-corrected chi connectivity index (χ3v) is 2.90. The minimum atomic E-state index is -1.07. The number of aliphatic hydroxyl groups is 1. The van der Waals surface area contributed by atoms with Crippen molar-refractivity contribution in [1.29, 1.82) is 0 Å². The van der Waals surface area contributed by atoms with E-state index in [9.17, 15) is 9.90 Å². The van der Waals surface area contributed by atoms with E-state index in [1.54, 1.807) is 6.07 Å². The molecule has 0 aliphatic heterocycles. The van der Waals surface area contributed by atoms with Gasteiger partial charge in [-0.05, 0) is 31.2 Å². The maximum atomic E-state index is 10.6. The number of hydrogen-bond donors (Lipinski definition) is 3. The smallest absolute Gasteiger partial charge is 0.371 e. The molecule has 1 aliphatic rings. The summed E-state index contributed by atoms with van der Waals surface area (Å²) in [5.74, 6) is -0.217. The Kier molecular flexibility index (Phi) is 3.14. The second-order valence-corrected chi connectivity index (χ2v) is 4.18. The molecular formula is C11H15NO4. The molecule has 2 atom stereocenters. The Bertz CT molecular complexity index is 374. The lowest BCUT2D eigenvalue weighted by Gasteiger charge is -2.09. The van der Waals surface area contributed by atoms with Crippen LogP contribution in [0.3, 0.4) is 0 Å². The van der Waals surface area contributed by atoms with Gasteiger partial charge in [0.1, 0.15) is 0 Å². The van der Waals surface area contributed by atoms with Crippen LogP contribution >= 0.6 is 0 Å². The van der Waals surface area contributed by atoms with E-state index in [0.29, 0.717) is 18.3 Å². The molecule has 1 aliphatic carbocycles. The number of furan rings is 1. The average Bonchev–Trinajstić information content (AvgIpc) is 2.83. The lowest BCUT2D eigenvalue weighted by atomic mass is 10.1. The van der Waals surface area contributed by atoms with Crippen molar-refractivity contribution in [2.45, 2.75) is 25.4 Å². The van der Waals surface area contributed by atoms with Gasteiger partial charge < -0.3 is 19.9 Å². The molecule has 5 nitrogen and oxygen atoms in total. The number of carboxylic acids is 1. The number of anilines is 1. The van der Waals surface area contributed by atoms with Crippen molar-refractivity contribution < 1.29 is 19.4 Å². The first-order valence-corrected chi connectivity index (χ1v) is 5.40. The molecule has 3 N–H and O–H groups in total. The second kappa shape index (κ2) is 4.57. The molecule has 0 aromatic carbocycles. The zero-order valence-corrected chi connectivity index (χ0v) is 8.85. The van der Waals surface area contributed by atoms with E-state index in [1.165, 1.54) is 6.07 Å². The Morgan fingerprint density at radius 3 is 2.88 bits per heavy atom. The summed E-state index contributed by atoms with van der Waals surface area (Å²) in [7, 11) is 0. The molecule has 0 amide bonds. The fourth-order valence-electron chi connectivity index (χ4n) is 2.03. The van der Waals surface area contributed by atoms with Crippen LogP contribution in [0.1, 0.15) is 29.8 Å². The van der Waals surface area contributed by atoms with Crippen molar-refractivity contribution in [2.75, 3.05) is 11.9 Å². The number of nitrogens with one attached hydrogen (secondary N) is 1. The SMILES string of the molecule is O=C(O)c1ccc(NCC2CCC(O)C2)o1. The number of carboxylic acid groups (broad SMARTS) is 1. The molecule has 0 spiro atoms. The summed E-state index contributed by atoms with van der Waals surface area (Å²) in [5.41, 5.74) is 0. The molecule has 1 saturated carbocycles. The van der Waals surface area contributed by atoms with E-state index >= 15 is 0 Å². The minimum Gasteiger partial charge on any atom is -0.475 e. The summed E-state index contributed by atoms with van der Waals surface area (Å²) < 4.78 is 5.06. The van der Waals surface area contributed by atoms with E-state index in [1.807, 2.05) is 0 Å².